The molecule has 0 aromatic heterocycles. The van der Waals surface area contributed by atoms with Gasteiger partial charge in [0.05, 0.1) is 0 Å². The zero-order chi connectivity index (χ0) is 14.6. The summed E-state index contributed by atoms with van der Waals surface area (Å²) in [7, 11) is 0. The van der Waals surface area contributed by atoms with Crippen molar-refractivity contribution in [3.63, 3.8) is 0 Å². The average molecular weight is 345 g/mol. The van der Waals surface area contributed by atoms with Crippen LogP contribution in [0.1, 0.15) is 16.0 Å². The predicted molar refractivity (Wildman–Crippen MR) is 74.9 cm³/mol. The summed E-state index contributed by atoms with van der Waals surface area (Å²) in [6, 6.07) is 15.8. The van der Waals surface area contributed by atoms with Gasteiger partial charge in [0.25, 0.3) is 0 Å². The van der Waals surface area contributed by atoms with Crippen molar-refractivity contribution < 1.29 is 17.9 Å². The number of ether oxygens (including phenoxy) is 1. The van der Waals surface area contributed by atoms with Gasteiger partial charge in [-0.15, -0.1) is 13.2 Å². The topological polar surface area (TPSA) is 9.23 Å². The number of rotatable bonds is 4. The zero-order valence-electron chi connectivity index (χ0n) is 10.4. The molecular weight excluding hydrogens is 333 g/mol. The number of benzene rings is 2. The van der Waals surface area contributed by atoms with Crippen molar-refractivity contribution in [3.05, 3.63) is 65.7 Å². The maximum absolute atomic E-state index is 12.1. The van der Waals surface area contributed by atoms with E-state index < -0.39 is 6.36 Å². The van der Waals surface area contributed by atoms with E-state index in [9.17, 15) is 13.2 Å². The summed E-state index contributed by atoms with van der Waals surface area (Å²) in [6.07, 6.45) is -3.89. The highest BCUT2D eigenvalue weighted by atomic mass is 79.9. The largest absolute Gasteiger partial charge is 0.573 e. The molecule has 0 spiro atoms. The first-order valence-electron chi connectivity index (χ1n) is 5.98. The molecule has 0 heterocycles. The van der Waals surface area contributed by atoms with E-state index >= 15 is 0 Å². The lowest BCUT2D eigenvalue weighted by Crippen LogP contribution is -2.17. The molecule has 0 aliphatic heterocycles. The van der Waals surface area contributed by atoms with Crippen molar-refractivity contribution >= 4 is 15.9 Å². The molecule has 0 fully saturated rings. The van der Waals surface area contributed by atoms with E-state index in [1.165, 1.54) is 12.1 Å². The Kier molecular flexibility index (Phi) is 4.70. The maximum atomic E-state index is 12.1. The fourth-order valence-electron chi connectivity index (χ4n) is 1.82. The highest BCUT2D eigenvalue weighted by Gasteiger charge is 2.31. The molecular formula is C15H12BrF3O. The summed E-state index contributed by atoms with van der Waals surface area (Å²) in [6.45, 7) is 0. The number of alkyl halides is 4. The second-order valence-electron chi connectivity index (χ2n) is 4.27. The molecule has 0 saturated heterocycles. The van der Waals surface area contributed by atoms with Crippen LogP contribution in [-0.4, -0.2) is 6.36 Å². The van der Waals surface area contributed by atoms with Crippen molar-refractivity contribution in [1.29, 1.82) is 0 Å². The smallest absolute Gasteiger partial charge is 0.406 e. The van der Waals surface area contributed by atoms with Crippen molar-refractivity contribution in [3.8, 4) is 5.75 Å². The van der Waals surface area contributed by atoms with Crippen LogP contribution >= 0.6 is 15.9 Å². The quantitative estimate of drug-likeness (QED) is 0.687. The summed E-state index contributed by atoms with van der Waals surface area (Å²) in [4.78, 5) is 0.0461. The van der Waals surface area contributed by atoms with Crippen LogP contribution in [0, 0.1) is 0 Å². The highest BCUT2D eigenvalue weighted by molar-refractivity contribution is 9.09. The van der Waals surface area contributed by atoms with Gasteiger partial charge in [-0.2, -0.15) is 0 Å². The highest BCUT2D eigenvalue weighted by Crippen LogP contribution is 2.29. The molecule has 0 radical (unpaired) electrons. The van der Waals surface area contributed by atoms with E-state index in [-0.39, 0.29) is 10.6 Å². The molecule has 0 bridgehead atoms. The van der Waals surface area contributed by atoms with E-state index in [1.807, 2.05) is 30.3 Å². The van der Waals surface area contributed by atoms with Crippen LogP contribution < -0.4 is 4.74 Å². The standard InChI is InChI=1S/C15H12BrF3O/c16-14(10-11-4-2-1-3-5-11)12-6-8-13(9-7-12)20-15(17,18)19/h1-9,14H,10H2. The van der Waals surface area contributed by atoms with E-state index in [2.05, 4.69) is 20.7 Å². The van der Waals surface area contributed by atoms with Crippen molar-refractivity contribution in [2.24, 2.45) is 0 Å². The molecule has 2 rings (SSSR count). The van der Waals surface area contributed by atoms with E-state index in [1.54, 1.807) is 12.1 Å². The van der Waals surface area contributed by atoms with Crippen LogP contribution in [0.2, 0.25) is 0 Å². The Morgan fingerprint density at radius 1 is 0.950 bits per heavy atom. The van der Waals surface area contributed by atoms with Crippen LogP contribution in [0.5, 0.6) is 5.75 Å². The van der Waals surface area contributed by atoms with Crippen molar-refractivity contribution in [2.45, 2.75) is 17.6 Å². The first kappa shape index (κ1) is 14.9. The van der Waals surface area contributed by atoms with Gasteiger partial charge < -0.3 is 4.74 Å². The summed E-state index contributed by atoms with van der Waals surface area (Å²) in [5, 5.41) is 0. The lowest BCUT2D eigenvalue weighted by atomic mass is 10.0. The second kappa shape index (κ2) is 6.31. The van der Waals surface area contributed by atoms with Gasteiger partial charge in [-0.3, -0.25) is 0 Å². The van der Waals surface area contributed by atoms with Gasteiger partial charge in [0.15, 0.2) is 0 Å². The Hall–Kier alpha value is -1.49. The minimum atomic E-state index is -4.65. The molecule has 2 aromatic carbocycles. The molecule has 2 aromatic rings. The lowest BCUT2D eigenvalue weighted by Gasteiger charge is -2.12. The van der Waals surface area contributed by atoms with E-state index in [4.69, 9.17) is 0 Å². The van der Waals surface area contributed by atoms with Gasteiger partial charge in [0, 0.05) is 4.83 Å². The lowest BCUT2D eigenvalue weighted by molar-refractivity contribution is -0.274. The summed E-state index contributed by atoms with van der Waals surface area (Å²) >= 11 is 3.55. The molecule has 20 heavy (non-hydrogen) atoms. The van der Waals surface area contributed by atoms with Crippen molar-refractivity contribution in [2.75, 3.05) is 0 Å². The van der Waals surface area contributed by atoms with Crippen LogP contribution in [0.3, 0.4) is 0 Å². The predicted octanol–water partition coefficient (Wildman–Crippen LogP) is 5.26. The van der Waals surface area contributed by atoms with Gasteiger partial charge in [-0.05, 0) is 29.7 Å². The summed E-state index contributed by atoms with van der Waals surface area (Å²) in [5.41, 5.74) is 2.06. The molecule has 0 saturated carbocycles. The number of hydrogen-bond acceptors (Lipinski definition) is 1. The number of halogens is 4. The third-order valence-corrected chi connectivity index (χ3v) is 3.59. The van der Waals surface area contributed by atoms with Gasteiger partial charge in [-0.1, -0.05) is 58.4 Å². The molecule has 5 heteroatoms. The monoisotopic (exact) mass is 344 g/mol. The van der Waals surface area contributed by atoms with Crippen LogP contribution in [0.15, 0.2) is 54.6 Å². The SMILES string of the molecule is FC(F)(F)Oc1ccc(C(Br)Cc2ccccc2)cc1. The van der Waals surface area contributed by atoms with Gasteiger partial charge >= 0.3 is 6.36 Å². The fourth-order valence-corrected chi connectivity index (χ4v) is 2.50. The van der Waals surface area contributed by atoms with Gasteiger partial charge in [0.2, 0.25) is 0 Å². The van der Waals surface area contributed by atoms with Gasteiger partial charge in [-0.25, -0.2) is 0 Å². The third kappa shape index (κ3) is 4.56. The Morgan fingerprint density at radius 2 is 1.55 bits per heavy atom. The van der Waals surface area contributed by atoms with Crippen LogP contribution in [-0.2, 0) is 6.42 Å². The van der Waals surface area contributed by atoms with Crippen LogP contribution in [0.25, 0.3) is 0 Å². The molecule has 0 amide bonds. The van der Waals surface area contributed by atoms with E-state index in [0.29, 0.717) is 0 Å². The molecule has 0 aliphatic rings. The Bertz CT molecular complexity index is 537. The molecule has 1 nitrogen and oxygen atoms in total. The average Bonchev–Trinajstić information content (AvgIpc) is 2.39. The third-order valence-electron chi connectivity index (χ3n) is 2.73. The first-order chi connectivity index (χ1) is 9.44. The normalized spacial score (nSPS) is 13.0. The molecule has 0 N–H and O–H groups in total. The first-order valence-corrected chi connectivity index (χ1v) is 6.89. The Balaban J connectivity index is 2.02. The minimum absolute atomic E-state index is 0.0461. The minimum Gasteiger partial charge on any atom is -0.406 e. The van der Waals surface area contributed by atoms with Gasteiger partial charge in [0.1, 0.15) is 5.75 Å². The molecule has 0 aliphatic carbocycles. The molecule has 1 unspecified atom stereocenters. The molecule has 106 valence electrons. The summed E-state index contributed by atoms with van der Waals surface area (Å²) < 4.78 is 40.0. The number of hydrogen-bond donors (Lipinski definition) is 0. The van der Waals surface area contributed by atoms with E-state index in [0.717, 1.165) is 17.5 Å². The second-order valence-corrected chi connectivity index (χ2v) is 5.38. The van der Waals surface area contributed by atoms with Crippen molar-refractivity contribution in [1.82, 2.24) is 0 Å². The molecule has 1 atom stereocenters. The Morgan fingerprint density at radius 3 is 2.10 bits per heavy atom. The zero-order valence-corrected chi connectivity index (χ0v) is 12.0. The summed E-state index contributed by atoms with van der Waals surface area (Å²) in [5.74, 6) is -0.208. The van der Waals surface area contributed by atoms with Crippen LogP contribution in [0.4, 0.5) is 13.2 Å². The fraction of sp³-hybridized carbons (Fsp3) is 0.200. The maximum Gasteiger partial charge on any atom is 0.573 e. The Labute approximate surface area is 123 Å².